The van der Waals surface area contributed by atoms with Crippen LogP contribution in [-0.4, -0.2) is 50.1 Å². The lowest BCUT2D eigenvalue weighted by Gasteiger charge is -2.30. The number of hydrogen-bond acceptors (Lipinski definition) is 7. The third kappa shape index (κ3) is 6.81. The Morgan fingerprint density at radius 1 is 1.09 bits per heavy atom. The van der Waals surface area contributed by atoms with Crippen molar-refractivity contribution < 1.29 is 23.7 Å². The van der Waals surface area contributed by atoms with Crippen molar-refractivity contribution in [3.63, 3.8) is 0 Å². The third-order valence-corrected chi connectivity index (χ3v) is 5.33. The SMILES string of the molecule is Cl.O=C(/C=C/c1cccc(/C=C/C(=O)N2CCCC(c3nc(-c4ccc(F)cc4)no3)C2)n1)NO. The van der Waals surface area contributed by atoms with Crippen LogP contribution >= 0.6 is 12.4 Å². The average Bonchev–Trinajstić information content (AvgIpc) is 3.37. The number of nitrogens with zero attached hydrogens (tertiary/aromatic N) is 4. The van der Waals surface area contributed by atoms with E-state index in [0.717, 1.165) is 18.9 Å². The number of likely N-dealkylation sites (tertiary alicyclic amines) is 1. The molecule has 1 saturated heterocycles. The highest BCUT2D eigenvalue weighted by Gasteiger charge is 2.28. The van der Waals surface area contributed by atoms with Crippen LogP contribution in [0.4, 0.5) is 4.39 Å². The number of aromatic nitrogens is 3. The van der Waals surface area contributed by atoms with Gasteiger partial charge < -0.3 is 9.42 Å². The number of halogens is 2. The summed E-state index contributed by atoms with van der Waals surface area (Å²) in [6.07, 6.45) is 7.27. The smallest absolute Gasteiger partial charge is 0.267 e. The van der Waals surface area contributed by atoms with E-state index in [1.807, 2.05) is 0 Å². The average molecular weight is 500 g/mol. The molecule has 1 atom stereocenters. The lowest BCUT2D eigenvalue weighted by Crippen LogP contribution is -2.38. The van der Waals surface area contributed by atoms with E-state index >= 15 is 0 Å². The molecule has 2 amide bonds. The molecule has 182 valence electrons. The van der Waals surface area contributed by atoms with E-state index < -0.39 is 5.91 Å². The molecule has 4 rings (SSSR count). The van der Waals surface area contributed by atoms with Crippen molar-refractivity contribution >= 4 is 36.4 Å². The van der Waals surface area contributed by atoms with Crippen molar-refractivity contribution in [1.82, 2.24) is 25.5 Å². The highest BCUT2D eigenvalue weighted by molar-refractivity contribution is 5.92. The number of hydroxylamine groups is 1. The van der Waals surface area contributed by atoms with Gasteiger partial charge in [-0.25, -0.2) is 14.9 Å². The van der Waals surface area contributed by atoms with Crippen LogP contribution in [0.2, 0.25) is 0 Å². The monoisotopic (exact) mass is 499 g/mol. The van der Waals surface area contributed by atoms with E-state index in [4.69, 9.17) is 9.73 Å². The Hall–Kier alpha value is -3.89. The normalized spacial score (nSPS) is 15.8. The van der Waals surface area contributed by atoms with Gasteiger partial charge in [-0.1, -0.05) is 11.2 Å². The molecule has 11 heteroatoms. The second-order valence-electron chi connectivity index (χ2n) is 7.72. The number of piperidine rings is 1. The molecule has 1 aliphatic heterocycles. The molecule has 0 aliphatic carbocycles. The van der Waals surface area contributed by atoms with Crippen molar-refractivity contribution in [3.05, 3.63) is 77.7 Å². The number of rotatable bonds is 6. The quantitative estimate of drug-likeness (QED) is 0.302. The van der Waals surface area contributed by atoms with Gasteiger partial charge >= 0.3 is 0 Å². The summed E-state index contributed by atoms with van der Waals surface area (Å²) in [5, 5.41) is 12.5. The number of amides is 2. The molecule has 1 aliphatic rings. The van der Waals surface area contributed by atoms with Gasteiger partial charge in [0, 0.05) is 30.8 Å². The minimum atomic E-state index is -0.663. The van der Waals surface area contributed by atoms with Crippen molar-refractivity contribution in [3.8, 4) is 11.4 Å². The van der Waals surface area contributed by atoms with Gasteiger partial charge in [0.25, 0.3) is 5.91 Å². The standard InChI is InChI=1S/C24H22FN5O4.ClH/c25-18-8-6-16(7-9-18)23-27-24(34-29-23)17-3-2-14-30(15-17)22(32)13-11-20-5-1-4-19(26-20)10-12-21(31)28-33;/h1,4-13,17,33H,2-3,14-15H2,(H,28,31);1H/b12-10+,13-11+;. The van der Waals surface area contributed by atoms with Gasteiger partial charge in [0.15, 0.2) is 0 Å². The van der Waals surface area contributed by atoms with Gasteiger partial charge in [-0.15, -0.1) is 12.4 Å². The Balaban J connectivity index is 0.00000342. The minimum Gasteiger partial charge on any atom is -0.339 e. The number of benzene rings is 1. The van der Waals surface area contributed by atoms with E-state index in [0.29, 0.717) is 41.8 Å². The summed E-state index contributed by atoms with van der Waals surface area (Å²) in [4.78, 5) is 34.4. The molecule has 1 unspecified atom stereocenters. The maximum atomic E-state index is 13.1. The second kappa shape index (κ2) is 12.0. The first-order chi connectivity index (χ1) is 16.5. The molecule has 35 heavy (non-hydrogen) atoms. The molecule has 3 aromatic rings. The topological polar surface area (TPSA) is 121 Å². The van der Waals surface area contributed by atoms with Crippen molar-refractivity contribution in [2.45, 2.75) is 18.8 Å². The Labute approximate surface area is 206 Å². The Kier molecular flexibility index (Phi) is 8.82. The molecular formula is C24H23ClFN5O4. The highest BCUT2D eigenvalue weighted by Crippen LogP contribution is 2.28. The molecular weight excluding hydrogens is 477 g/mol. The first-order valence-electron chi connectivity index (χ1n) is 10.7. The van der Waals surface area contributed by atoms with Gasteiger partial charge in [0.1, 0.15) is 5.82 Å². The summed E-state index contributed by atoms with van der Waals surface area (Å²) in [7, 11) is 0. The fourth-order valence-corrected chi connectivity index (χ4v) is 3.61. The molecule has 2 N–H and O–H groups in total. The zero-order chi connectivity index (χ0) is 23.9. The summed E-state index contributed by atoms with van der Waals surface area (Å²) in [6.45, 7) is 1.06. The number of hydrogen-bond donors (Lipinski definition) is 2. The van der Waals surface area contributed by atoms with Crippen LogP contribution < -0.4 is 5.48 Å². The van der Waals surface area contributed by atoms with E-state index in [2.05, 4.69) is 15.1 Å². The minimum absolute atomic E-state index is 0. The van der Waals surface area contributed by atoms with Crippen molar-refractivity contribution in [1.29, 1.82) is 0 Å². The van der Waals surface area contributed by atoms with Crippen LogP contribution in [0.15, 0.2) is 59.1 Å². The zero-order valence-electron chi connectivity index (χ0n) is 18.5. The maximum Gasteiger partial charge on any atom is 0.267 e. The number of nitrogens with one attached hydrogen (secondary N) is 1. The highest BCUT2D eigenvalue weighted by atomic mass is 35.5. The molecule has 0 spiro atoms. The molecule has 0 saturated carbocycles. The lowest BCUT2D eigenvalue weighted by molar-refractivity contribution is -0.127. The molecule has 1 aromatic carbocycles. The van der Waals surface area contributed by atoms with Gasteiger partial charge in [0.2, 0.25) is 17.6 Å². The molecule has 9 nitrogen and oxygen atoms in total. The van der Waals surface area contributed by atoms with Crippen molar-refractivity contribution in [2.75, 3.05) is 13.1 Å². The predicted octanol–water partition coefficient (Wildman–Crippen LogP) is 3.63. The molecule has 2 aromatic heterocycles. The van der Waals surface area contributed by atoms with Crippen LogP contribution in [0.3, 0.4) is 0 Å². The van der Waals surface area contributed by atoms with Gasteiger partial charge in [0.05, 0.1) is 17.3 Å². The van der Waals surface area contributed by atoms with Gasteiger partial charge in [-0.2, -0.15) is 4.98 Å². The van der Waals surface area contributed by atoms with Crippen LogP contribution in [-0.2, 0) is 9.59 Å². The summed E-state index contributed by atoms with van der Waals surface area (Å²) in [6, 6.07) is 11.0. The molecule has 0 bridgehead atoms. The summed E-state index contributed by atoms with van der Waals surface area (Å²) in [5.74, 6) is -0.413. The van der Waals surface area contributed by atoms with Gasteiger partial charge in [-0.05, 0) is 61.4 Å². The molecule has 3 heterocycles. The second-order valence-corrected chi connectivity index (χ2v) is 7.72. The van der Waals surface area contributed by atoms with Gasteiger partial charge in [-0.3, -0.25) is 14.8 Å². The molecule has 0 radical (unpaired) electrons. The predicted molar refractivity (Wildman–Crippen MR) is 128 cm³/mol. The van der Waals surface area contributed by atoms with Crippen LogP contribution in [0.25, 0.3) is 23.5 Å². The summed E-state index contributed by atoms with van der Waals surface area (Å²) < 4.78 is 18.6. The van der Waals surface area contributed by atoms with Crippen LogP contribution in [0.1, 0.15) is 36.0 Å². The van der Waals surface area contributed by atoms with Crippen LogP contribution in [0, 0.1) is 5.82 Å². The van der Waals surface area contributed by atoms with E-state index in [9.17, 15) is 14.0 Å². The largest absolute Gasteiger partial charge is 0.339 e. The fourth-order valence-electron chi connectivity index (χ4n) is 3.61. The Morgan fingerprint density at radius 2 is 1.80 bits per heavy atom. The Bertz CT molecular complexity index is 1230. The van der Waals surface area contributed by atoms with E-state index in [1.54, 1.807) is 41.3 Å². The number of pyridine rings is 1. The van der Waals surface area contributed by atoms with E-state index in [-0.39, 0.29) is 30.0 Å². The fraction of sp³-hybridized carbons (Fsp3) is 0.208. The molecule has 1 fully saturated rings. The van der Waals surface area contributed by atoms with Crippen LogP contribution in [0.5, 0.6) is 0 Å². The Morgan fingerprint density at radius 3 is 2.51 bits per heavy atom. The number of carbonyl (C=O) groups is 2. The zero-order valence-corrected chi connectivity index (χ0v) is 19.3. The summed E-state index contributed by atoms with van der Waals surface area (Å²) in [5.41, 5.74) is 3.22. The third-order valence-electron chi connectivity index (χ3n) is 5.33. The summed E-state index contributed by atoms with van der Waals surface area (Å²) >= 11 is 0. The first-order valence-corrected chi connectivity index (χ1v) is 10.7. The van der Waals surface area contributed by atoms with E-state index in [1.165, 1.54) is 29.8 Å². The maximum absolute atomic E-state index is 13.1. The lowest BCUT2D eigenvalue weighted by atomic mass is 9.98. The number of carbonyl (C=O) groups excluding carboxylic acids is 2. The van der Waals surface area contributed by atoms with Crippen molar-refractivity contribution in [2.24, 2.45) is 0 Å². The first kappa shape index (κ1) is 25.7.